The van der Waals surface area contributed by atoms with Crippen molar-refractivity contribution in [2.24, 2.45) is 0 Å². The molecule has 1 unspecified atom stereocenters. The maximum atomic E-state index is 10.2. The normalized spacial score (nSPS) is 11.2. The van der Waals surface area contributed by atoms with E-state index in [9.17, 15) is 14.7 Å². The van der Waals surface area contributed by atoms with Crippen LogP contribution >= 0.6 is 0 Å². The van der Waals surface area contributed by atoms with Crippen molar-refractivity contribution in [2.75, 3.05) is 0 Å². The highest BCUT2D eigenvalue weighted by molar-refractivity contribution is 5.83. The first-order valence-corrected chi connectivity index (χ1v) is 2.45. The molecule has 1 amide bonds. The molecule has 0 aliphatic rings. The zero-order valence-corrected chi connectivity index (χ0v) is 5.25. The van der Waals surface area contributed by atoms with Crippen molar-refractivity contribution in [3.05, 3.63) is 0 Å². The Kier molecular flexibility index (Phi) is 2.91. The van der Waals surface area contributed by atoms with Crippen LogP contribution in [0.15, 0.2) is 0 Å². The van der Waals surface area contributed by atoms with Gasteiger partial charge in [-0.05, 0) is 0 Å². The zero-order valence-electron chi connectivity index (χ0n) is 5.25. The molecule has 0 aliphatic carbocycles. The summed E-state index contributed by atoms with van der Waals surface area (Å²) >= 11 is 0. The number of hydrogen-bond acceptors (Lipinski definition) is 4. The van der Waals surface area contributed by atoms with Gasteiger partial charge in [-0.15, -0.1) is 0 Å². The molecule has 54 valence electrons. The van der Waals surface area contributed by atoms with E-state index in [4.69, 9.17) is 5.26 Å². The second-order valence-electron chi connectivity index (χ2n) is 1.58. The summed E-state index contributed by atoms with van der Waals surface area (Å²) in [6.07, 6.45) is 0. The molecule has 0 saturated carbocycles. The Hall–Kier alpha value is -1.57. The van der Waals surface area contributed by atoms with Gasteiger partial charge in [-0.25, -0.2) is 0 Å². The van der Waals surface area contributed by atoms with Crippen molar-refractivity contribution in [2.45, 2.75) is 13.0 Å². The maximum Gasteiger partial charge on any atom is 0.218 e. The van der Waals surface area contributed by atoms with E-state index in [1.54, 1.807) is 0 Å². The molecule has 5 nitrogen and oxygen atoms in total. The molecule has 5 heteroatoms. The average molecular weight is 141 g/mol. The molecule has 0 rings (SSSR count). The number of nitrogens with zero attached hydrogens (tertiary/aromatic N) is 1. The molecular weight excluding hydrogens is 136 g/mol. The van der Waals surface area contributed by atoms with Gasteiger partial charge in [0, 0.05) is 6.92 Å². The fraction of sp³-hybridized carbons (Fsp3) is 0.400. The Bertz CT molecular complexity index is 194. The number of rotatable bonds is 2. The lowest BCUT2D eigenvalue weighted by Gasteiger charge is -2.09. The van der Waals surface area contributed by atoms with Crippen molar-refractivity contribution < 1.29 is 14.7 Å². The summed E-state index contributed by atoms with van der Waals surface area (Å²) in [6.45, 7) is 1.12. The summed E-state index contributed by atoms with van der Waals surface area (Å²) in [4.78, 5) is 20.1. The number of carbonyl (C=O) groups is 2. The highest BCUT2D eigenvalue weighted by Crippen LogP contribution is 1.76. The standard InChI is InChI=1S/C5H6N2O3/c1-3(8)7-4(2-6)5(9)10/h4H,1H3,(H,7,8)(H,9,10)/p-1. The van der Waals surface area contributed by atoms with Gasteiger partial charge >= 0.3 is 0 Å². The lowest BCUT2D eigenvalue weighted by atomic mass is 10.3. The predicted molar refractivity (Wildman–Crippen MR) is 28.2 cm³/mol. The average Bonchev–Trinajstić information content (AvgIpc) is 1.81. The third kappa shape index (κ3) is 2.67. The monoisotopic (exact) mass is 141 g/mol. The van der Waals surface area contributed by atoms with Crippen LogP contribution in [0.1, 0.15) is 6.92 Å². The van der Waals surface area contributed by atoms with Gasteiger partial charge in [0.15, 0.2) is 6.04 Å². The van der Waals surface area contributed by atoms with Crippen LogP contribution in [0, 0.1) is 11.3 Å². The first-order chi connectivity index (χ1) is 4.57. The molecule has 10 heavy (non-hydrogen) atoms. The second kappa shape index (κ2) is 3.45. The number of carboxylic acids is 1. The number of nitrogens with one attached hydrogen (secondary N) is 1. The molecule has 0 bridgehead atoms. The third-order valence-electron chi connectivity index (χ3n) is 0.712. The summed E-state index contributed by atoms with van der Waals surface area (Å²) < 4.78 is 0. The molecule has 0 fully saturated rings. The minimum Gasteiger partial charge on any atom is -0.547 e. The van der Waals surface area contributed by atoms with Gasteiger partial charge in [0.25, 0.3) is 0 Å². The highest BCUT2D eigenvalue weighted by Gasteiger charge is 2.07. The zero-order chi connectivity index (χ0) is 8.15. The topological polar surface area (TPSA) is 93.0 Å². The van der Waals surface area contributed by atoms with Crippen LogP contribution in [0.2, 0.25) is 0 Å². The largest absolute Gasteiger partial charge is 0.547 e. The van der Waals surface area contributed by atoms with E-state index >= 15 is 0 Å². The third-order valence-corrected chi connectivity index (χ3v) is 0.712. The second-order valence-corrected chi connectivity index (χ2v) is 1.58. The van der Waals surface area contributed by atoms with Crippen LogP contribution in [-0.2, 0) is 9.59 Å². The number of aliphatic carboxylic acids is 1. The summed E-state index contributed by atoms with van der Waals surface area (Å²) in [7, 11) is 0. The number of hydrogen-bond donors (Lipinski definition) is 1. The smallest absolute Gasteiger partial charge is 0.218 e. The van der Waals surface area contributed by atoms with Gasteiger partial charge < -0.3 is 15.2 Å². The van der Waals surface area contributed by atoms with Gasteiger partial charge in [0.2, 0.25) is 5.91 Å². The molecule has 0 aromatic rings. The summed E-state index contributed by atoms with van der Waals surface area (Å²) in [5, 5.41) is 19.8. The van der Waals surface area contributed by atoms with Gasteiger partial charge in [-0.1, -0.05) is 0 Å². The summed E-state index contributed by atoms with van der Waals surface area (Å²) in [5.74, 6) is -2.17. The van der Waals surface area contributed by atoms with Crippen LogP contribution in [0.3, 0.4) is 0 Å². The minimum absolute atomic E-state index is 0.573. The van der Waals surface area contributed by atoms with Gasteiger partial charge in [-0.3, -0.25) is 4.79 Å². The maximum absolute atomic E-state index is 10.2. The molecule has 0 aliphatic heterocycles. The number of carbonyl (C=O) groups excluding carboxylic acids is 2. The predicted octanol–water partition coefficient (Wildman–Crippen LogP) is -2.24. The first kappa shape index (κ1) is 8.43. The van der Waals surface area contributed by atoms with Crippen molar-refractivity contribution in [1.82, 2.24) is 5.32 Å². The first-order valence-electron chi connectivity index (χ1n) is 2.45. The molecular formula is C5H5N2O3-. The molecule has 1 N–H and O–H groups in total. The molecule has 0 heterocycles. The Labute approximate surface area is 57.3 Å². The van der Waals surface area contributed by atoms with E-state index in [2.05, 4.69) is 0 Å². The van der Waals surface area contributed by atoms with Crippen molar-refractivity contribution in [1.29, 1.82) is 5.26 Å². The Morgan fingerprint density at radius 1 is 1.70 bits per heavy atom. The molecule has 1 atom stereocenters. The van der Waals surface area contributed by atoms with Gasteiger partial charge in [0.1, 0.15) is 0 Å². The Morgan fingerprint density at radius 3 is 2.30 bits per heavy atom. The van der Waals surface area contributed by atoms with E-state index in [1.165, 1.54) is 6.07 Å². The summed E-state index contributed by atoms with van der Waals surface area (Å²) in [5.41, 5.74) is 0. The molecule has 0 aromatic carbocycles. The van der Waals surface area contributed by atoms with Crippen molar-refractivity contribution in [3.8, 4) is 6.07 Å². The van der Waals surface area contributed by atoms with E-state index < -0.39 is 17.9 Å². The van der Waals surface area contributed by atoms with E-state index in [0.29, 0.717) is 0 Å². The molecule has 0 aromatic heterocycles. The van der Waals surface area contributed by atoms with Crippen molar-refractivity contribution in [3.63, 3.8) is 0 Å². The number of amides is 1. The van der Waals surface area contributed by atoms with E-state index in [0.717, 1.165) is 6.92 Å². The minimum atomic E-state index is -1.60. The quantitative estimate of drug-likeness (QED) is 0.470. The molecule has 0 saturated heterocycles. The van der Waals surface area contributed by atoms with E-state index in [1.807, 2.05) is 5.32 Å². The van der Waals surface area contributed by atoms with Crippen LogP contribution in [0.5, 0.6) is 0 Å². The van der Waals surface area contributed by atoms with Crippen molar-refractivity contribution >= 4 is 11.9 Å². The molecule has 0 radical (unpaired) electrons. The van der Waals surface area contributed by atoms with Crippen LogP contribution < -0.4 is 10.4 Å². The number of nitriles is 1. The number of carboxylic acid groups (broad SMARTS) is 1. The Balaban J connectivity index is 4.00. The van der Waals surface area contributed by atoms with E-state index in [-0.39, 0.29) is 0 Å². The lowest BCUT2D eigenvalue weighted by molar-refractivity contribution is -0.306. The lowest BCUT2D eigenvalue weighted by Crippen LogP contribution is -2.46. The van der Waals surface area contributed by atoms with Crippen LogP contribution in [0.4, 0.5) is 0 Å². The van der Waals surface area contributed by atoms with Gasteiger partial charge in [0.05, 0.1) is 12.0 Å². The summed E-state index contributed by atoms with van der Waals surface area (Å²) in [6, 6.07) is -0.205. The fourth-order valence-corrected chi connectivity index (χ4v) is 0.347. The van der Waals surface area contributed by atoms with Gasteiger partial charge in [-0.2, -0.15) is 5.26 Å². The fourth-order valence-electron chi connectivity index (χ4n) is 0.347. The van der Waals surface area contributed by atoms with Crippen LogP contribution in [-0.4, -0.2) is 17.9 Å². The molecule has 0 spiro atoms. The van der Waals surface area contributed by atoms with Crippen LogP contribution in [0.25, 0.3) is 0 Å². The SMILES string of the molecule is CC(=O)NC(C#N)C(=O)[O-]. The highest BCUT2D eigenvalue weighted by atomic mass is 16.4. The Morgan fingerprint density at radius 2 is 2.20 bits per heavy atom.